The van der Waals surface area contributed by atoms with Gasteiger partial charge in [0, 0.05) is 13.7 Å². The summed E-state index contributed by atoms with van der Waals surface area (Å²) in [6.07, 6.45) is -0.224. The van der Waals surface area contributed by atoms with Gasteiger partial charge in [-0.15, -0.1) is 0 Å². The van der Waals surface area contributed by atoms with E-state index in [1.165, 1.54) is 7.11 Å². The fourth-order valence-corrected chi connectivity index (χ4v) is 0.269. The van der Waals surface area contributed by atoms with Crippen LogP contribution in [-0.2, 0) is 4.74 Å². The van der Waals surface area contributed by atoms with Gasteiger partial charge in [0.1, 0.15) is 0 Å². The molecule has 0 aromatic carbocycles. The van der Waals surface area contributed by atoms with Gasteiger partial charge in [-0.1, -0.05) is 6.10 Å². The summed E-state index contributed by atoms with van der Waals surface area (Å²) >= 11 is 0. The van der Waals surface area contributed by atoms with Crippen molar-refractivity contribution in [2.75, 3.05) is 13.7 Å². The lowest BCUT2D eigenvalue weighted by Crippen LogP contribution is -2.28. The minimum absolute atomic E-state index is 0.281. The Labute approximate surface area is 44.1 Å². The molecule has 0 aromatic heterocycles. The molecule has 0 rings (SSSR count). The quantitative estimate of drug-likeness (QED) is 0.453. The van der Waals surface area contributed by atoms with Crippen LogP contribution in [0.2, 0.25) is 0 Å². The predicted octanol–water partition coefficient (Wildman–Crippen LogP) is -0.414. The Balaban J connectivity index is 2.83. The van der Waals surface area contributed by atoms with Crippen molar-refractivity contribution in [3.8, 4) is 0 Å². The Kier molecular flexibility index (Phi) is 3.84. The van der Waals surface area contributed by atoms with Crippen molar-refractivity contribution in [1.29, 1.82) is 0 Å². The number of methoxy groups -OCH3 is 1. The molecule has 0 aromatic rings. The Morgan fingerprint density at radius 2 is 2.43 bits per heavy atom. The largest absolute Gasteiger partial charge is 0.847 e. The molecule has 0 heterocycles. The fraction of sp³-hybridized carbons (Fsp3) is 0.800. The van der Waals surface area contributed by atoms with Crippen LogP contribution in [0.5, 0.6) is 0 Å². The highest BCUT2D eigenvalue weighted by Crippen LogP contribution is 1.82. The molecule has 42 valence electrons. The van der Waals surface area contributed by atoms with Crippen LogP contribution in [0, 0.1) is 6.92 Å². The van der Waals surface area contributed by atoms with E-state index in [2.05, 4.69) is 11.7 Å². The van der Waals surface area contributed by atoms with Crippen LogP contribution < -0.4 is 5.11 Å². The average molecular weight is 102 g/mol. The van der Waals surface area contributed by atoms with E-state index in [9.17, 15) is 5.11 Å². The Morgan fingerprint density at radius 3 is 2.57 bits per heavy atom. The van der Waals surface area contributed by atoms with Crippen molar-refractivity contribution in [2.24, 2.45) is 0 Å². The second-order valence-corrected chi connectivity index (χ2v) is 1.37. The first kappa shape index (κ1) is 6.79. The lowest BCUT2D eigenvalue weighted by molar-refractivity contribution is -0.425. The summed E-state index contributed by atoms with van der Waals surface area (Å²) < 4.78 is 4.54. The van der Waals surface area contributed by atoms with E-state index in [4.69, 9.17) is 0 Å². The molecule has 0 spiro atoms. The Bertz CT molecular complexity index is 37.1. The molecular weight excluding hydrogens is 92.1 g/mol. The summed E-state index contributed by atoms with van der Waals surface area (Å²) in [6.45, 7) is 3.69. The van der Waals surface area contributed by atoms with Gasteiger partial charge in [-0.3, -0.25) is 0 Å². The third kappa shape index (κ3) is 3.62. The first-order valence-electron chi connectivity index (χ1n) is 2.25. The highest BCUT2D eigenvalue weighted by atomic mass is 16.5. The summed E-state index contributed by atoms with van der Waals surface area (Å²) in [5.41, 5.74) is 0. The van der Waals surface area contributed by atoms with Crippen molar-refractivity contribution in [3.63, 3.8) is 0 Å². The van der Waals surface area contributed by atoms with Gasteiger partial charge in [-0.2, -0.15) is 0 Å². The number of ether oxygens (including phenoxy) is 1. The van der Waals surface area contributed by atoms with E-state index in [1.54, 1.807) is 0 Å². The molecule has 7 heavy (non-hydrogen) atoms. The minimum atomic E-state index is -0.634. The van der Waals surface area contributed by atoms with E-state index in [-0.39, 0.29) is 6.61 Å². The molecule has 0 N–H and O–H groups in total. The molecule has 0 aliphatic heterocycles. The third-order valence-corrected chi connectivity index (χ3v) is 0.675. The van der Waals surface area contributed by atoms with Gasteiger partial charge in [-0.25, -0.2) is 0 Å². The van der Waals surface area contributed by atoms with E-state index in [1.807, 2.05) is 0 Å². The van der Waals surface area contributed by atoms with E-state index < -0.39 is 6.10 Å². The van der Waals surface area contributed by atoms with Gasteiger partial charge in [0.05, 0.1) is 13.3 Å². The topological polar surface area (TPSA) is 32.3 Å². The van der Waals surface area contributed by atoms with Crippen molar-refractivity contribution >= 4 is 0 Å². The van der Waals surface area contributed by atoms with Crippen molar-refractivity contribution in [3.05, 3.63) is 6.92 Å². The van der Waals surface area contributed by atoms with Crippen LogP contribution in [0.15, 0.2) is 0 Å². The first-order chi connectivity index (χ1) is 3.31. The number of hydrogen-bond acceptors (Lipinski definition) is 2. The summed E-state index contributed by atoms with van der Waals surface area (Å²) in [7, 11) is 1.51. The van der Waals surface area contributed by atoms with Crippen LogP contribution in [0.3, 0.4) is 0 Å². The van der Waals surface area contributed by atoms with Crippen molar-refractivity contribution < 1.29 is 9.84 Å². The first-order valence-corrected chi connectivity index (χ1v) is 2.25. The molecule has 0 saturated heterocycles. The maximum atomic E-state index is 10.3. The van der Waals surface area contributed by atoms with Gasteiger partial charge in [0.2, 0.25) is 0 Å². The van der Waals surface area contributed by atoms with Gasteiger partial charge < -0.3 is 9.84 Å². The molecule has 0 fully saturated rings. The van der Waals surface area contributed by atoms with E-state index in [0.29, 0.717) is 6.42 Å². The molecule has 0 saturated carbocycles. The Morgan fingerprint density at radius 1 is 1.86 bits per heavy atom. The second kappa shape index (κ2) is 3.96. The van der Waals surface area contributed by atoms with Gasteiger partial charge in [0.15, 0.2) is 0 Å². The smallest absolute Gasteiger partial charge is 0.0748 e. The summed E-state index contributed by atoms with van der Waals surface area (Å²) in [5.74, 6) is 0. The maximum Gasteiger partial charge on any atom is 0.0748 e. The zero-order valence-electron chi connectivity index (χ0n) is 4.52. The highest BCUT2D eigenvalue weighted by Gasteiger charge is 1.89. The van der Waals surface area contributed by atoms with Crippen LogP contribution in [0.4, 0.5) is 0 Å². The molecule has 1 unspecified atom stereocenters. The molecular formula is C5H10O2. The summed E-state index contributed by atoms with van der Waals surface area (Å²) in [6, 6.07) is 0. The monoisotopic (exact) mass is 102 g/mol. The zero-order valence-corrected chi connectivity index (χ0v) is 4.52. The van der Waals surface area contributed by atoms with Gasteiger partial charge >= 0.3 is 0 Å². The molecule has 0 aliphatic carbocycles. The lowest BCUT2D eigenvalue weighted by atomic mass is 10.3. The zero-order chi connectivity index (χ0) is 5.70. The average Bonchev–Trinajstić information content (AvgIpc) is 1.68. The molecule has 0 aliphatic rings. The molecule has 0 bridgehead atoms. The standard InChI is InChI=1S/C5H10O2/c1-3-5(6)4-7-2/h5H,1,3-4H2,2H3. The van der Waals surface area contributed by atoms with Gasteiger partial charge in [-0.05, 0) is 0 Å². The molecule has 1 atom stereocenters. The third-order valence-electron chi connectivity index (χ3n) is 0.675. The van der Waals surface area contributed by atoms with Crippen LogP contribution >= 0.6 is 0 Å². The van der Waals surface area contributed by atoms with Crippen LogP contribution in [-0.4, -0.2) is 19.8 Å². The maximum absolute atomic E-state index is 10.3. The highest BCUT2D eigenvalue weighted by molar-refractivity contribution is 4.50. The normalized spacial score (nSPS) is 14.0. The molecule has 2 nitrogen and oxygen atoms in total. The van der Waals surface area contributed by atoms with E-state index in [0.717, 1.165) is 0 Å². The lowest BCUT2D eigenvalue weighted by Gasteiger charge is -2.13. The number of rotatable bonds is 3. The summed E-state index contributed by atoms with van der Waals surface area (Å²) in [5, 5.41) is 10.3. The Hall–Kier alpha value is -0.210. The minimum Gasteiger partial charge on any atom is -0.847 e. The van der Waals surface area contributed by atoms with Crippen molar-refractivity contribution in [2.45, 2.75) is 12.5 Å². The SMILES string of the molecule is [CH2+]CC([O-])COC. The second-order valence-electron chi connectivity index (χ2n) is 1.37. The number of hydrogen-bond donors (Lipinski definition) is 0. The molecule has 0 amide bonds. The summed E-state index contributed by atoms with van der Waals surface area (Å²) in [4.78, 5) is 0. The fourth-order valence-electron chi connectivity index (χ4n) is 0.269. The van der Waals surface area contributed by atoms with E-state index >= 15 is 0 Å². The predicted molar refractivity (Wildman–Crippen MR) is 25.6 cm³/mol. The molecule has 2 heteroatoms. The molecule has 0 radical (unpaired) electrons. The van der Waals surface area contributed by atoms with Crippen LogP contribution in [0.1, 0.15) is 6.42 Å². The van der Waals surface area contributed by atoms with Crippen molar-refractivity contribution in [1.82, 2.24) is 0 Å². The van der Waals surface area contributed by atoms with Gasteiger partial charge in [0.25, 0.3) is 0 Å². The van der Waals surface area contributed by atoms with Crippen LogP contribution in [0.25, 0.3) is 0 Å².